The van der Waals surface area contributed by atoms with Gasteiger partial charge in [-0.2, -0.15) is 9.41 Å². The highest BCUT2D eigenvalue weighted by atomic mass is 35.5. The maximum Gasteiger partial charge on any atom is 0.243 e. The summed E-state index contributed by atoms with van der Waals surface area (Å²) in [7, 11) is -0.538. The van der Waals surface area contributed by atoms with Crippen LogP contribution in [0.5, 0.6) is 11.5 Å². The highest BCUT2D eigenvalue weighted by molar-refractivity contribution is 7.89. The zero-order valence-corrected chi connectivity index (χ0v) is 18.8. The third-order valence-electron chi connectivity index (χ3n) is 5.09. The number of carbonyl (C=O) groups excluding carboxylic acids is 1. The van der Waals surface area contributed by atoms with Gasteiger partial charge in [0.2, 0.25) is 15.9 Å². The van der Waals surface area contributed by atoms with Gasteiger partial charge in [0.1, 0.15) is 0 Å². The second-order valence-corrected chi connectivity index (χ2v) is 9.32. The molecule has 1 heterocycles. The topological polar surface area (TPSA) is 97.3 Å². The molecular formula is C21H24ClN3O5S. The third kappa shape index (κ3) is 5.36. The molecule has 0 radical (unpaired) electrons. The molecule has 3 rings (SSSR count). The monoisotopic (exact) mass is 465 g/mol. The van der Waals surface area contributed by atoms with E-state index < -0.39 is 10.0 Å². The minimum atomic E-state index is -3.61. The van der Waals surface area contributed by atoms with Gasteiger partial charge in [0.15, 0.2) is 11.5 Å². The van der Waals surface area contributed by atoms with Crippen LogP contribution in [0.1, 0.15) is 18.4 Å². The number of halogens is 1. The van der Waals surface area contributed by atoms with Gasteiger partial charge in [-0.25, -0.2) is 13.8 Å². The summed E-state index contributed by atoms with van der Waals surface area (Å²) in [6, 6.07) is 11.4. The van der Waals surface area contributed by atoms with Gasteiger partial charge in [-0.1, -0.05) is 17.7 Å². The fraction of sp³-hybridized carbons (Fsp3) is 0.333. The van der Waals surface area contributed by atoms with Crippen molar-refractivity contribution in [3.05, 3.63) is 53.1 Å². The Kier molecular flexibility index (Phi) is 7.53. The predicted octanol–water partition coefficient (Wildman–Crippen LogP) is 2.91. The molecule has 0 spiro atoms. The molecule has 0 atom stereocenters. The van der Waals surface area contributed by atoms with Crippen LogP contribution < -0.4 is 14.9 Å². The van der Waals surface area contributed by atoms with Crippen molar-refractivity contribution in [1.82, 2.24) is 9.73 Å². The average molecular weight is 466 g/mol. The van der Waals surface area contributed by atoms with Crippen LogP contribution in [0.4, 0.5) is 0 Å². The van der Waals surface area contributed by atoms with Gasteiger partial charge in [-0.15, -0.1) is 0 Å². The quantitative estimate of drug-likeness (QED) is 0.501. The van der Waals surface area contributed by atoms with Crippen molar-refractivity contribution in [1.29, 1.82) is 0 Å². The van der Waals surface area contributed by atoms with Gasteiger partial charge in [0.25, 0.3) is 0 Å². The zero-order valence-electron chi connectivity index (χ0n) is 17.2. The summed E-state index contributed by atoms with van der Waals surface area (Å²) in [4.78, 5) is 12.7. The average Bonchev–Trinajstić information content (AvgIpc) is 2.79. The van der Waals surface area contributed by atoms with Crippen molar-refractivity contribution in [3.8, 4) is 11.5 Å². The van der Waals surface area contributed by atoms with Crippen LogP contribution in [-0.2, 0) is 14.8 Å². The Balaban J connectivity index is 1.57. The minimum absolute atomic E-state index is 0.191. The Morgan fingerprint density at radius 2 is 1.81 bits per heavy atom. The van der Waals surface area contributed by atoms with E-state index in [0.29, 0.717) is 34.9 Å². The summed E-state index contributed by atoms with van der Waals surface area (Å²) in [6.07, 6.45) is 2.31. The minimum Gasteiger partial charge on any atom is -0.493 e. The van der Waals surface area contributed by atoms with E-state index in [1.165, 1.54) is 29.8 Å². The van der Waals surface area contributed by atoms with Gasteiger partial charge in [0.05, 0.1) is 25.3 Å². The lowest BCUT2D eigenvalue weighted by Crippen LogP contribution is -2.42. The van der Waals surface area contributed by atoms with E-state index in [1.807, 2.05) is 0 Å². The van der Waals surface area contributed by atoms with Gasteiger partial charge in [-0.3, -0.25) is 4.79 Å². The maximum atomic E-state index is 12.8. The number of rotatable bonds is 7. The molecule has 0 aliphatic carbocycles. The molecule has 8 nitrogen and oxygen atoms in total. The highest BCUT2D eigenvalue weighted by Crippen LogP contribution is 2.29. The summed E-state index contributed by atoms with van der Waals surface area (Å²) in [5.74, 6) is 0.512. The second kappa shape index (κ2) is 10.1. The molecule has 2 aromatic carbocycles. The molecule has 1 saturated heterocycles. The van der Waals surface area contributed by atoms with E-state index in [9.17, 15) is 13.2 Å². The van der Waals surface area contributed by atoms with Gasteiger partial charge >= 0.3 is 0 Å². The Morgan fingerprint density at radius 3 is 2.42 bits per heavy atom. The van der Waals surface area contributed by atoms with Crippen molar-refractivity contribution >= 4 is 33.7 Å². The van der Waals surface area contributed by atoms with E-state index in [2.05, 4.69) is 10.5 Å². The molecule has 0 aromatic heterocycles. The molecule has 1 aliphatic rings. The van der Waals surface area contributed by atoms with Crippen LogP contribution in [0.15, 0.2) is 52.5 Å². The number of nitrogens with one attached hydrogen (secondary N) is 1. The molecule has 1 fully saturated rings. The smallest absolute Gasteiger partial charge is 0.243 e. The molecule has 1 amide bonds. The number of nitrogens with zero attached hydrogens (tertiary/aromatic N) is 2. The predicted molar refractivity (Wildman–Crippen MR) is 118 cm³/mol. The number of carbonyl (C=O) groups is 1. The number of para-hydroxylation sites is 1. The molecule has 1 aliphatic heterocycles. The summed E-state index contributed by atoms with van der Waals surface area (Å²) in [5, 5.41) is 4.49. The number of benzene rings is 2. The summed E-state index contributed by atoms with van der Waals surface area (Å²) < 4.78 is 37.5. The van der Waals surface area contributed by atoms with Crippen molar-refractivity contribution < 1.29 is 22.7 Å². The summed E-state index contributed by atoms with van der Waals surface area (Å²) in [5.41, 5.74) is 3.19. The molecule has 2 aromatic rings. The normalized spacial score (nSPS) is 15.7. The number of amides is 1. The standard InChI is InChI=1S/C21H24ClN3O5S/c1-29-19-5-3-4-16(20(19)30-2)14-23-24-21(26)15-10-12-25(13-11-15)31(27,28)18-8-6-17(22)7-9-18/h3-9,14-15H,10-13H2,1-2H3,(H,24,26)/b23-14-. The number of piperidine rings is 1. The van der Waals surface area contributed by atoms with Gasteiger partial charge < -0.3 is 9.47 Å². The molecule has 10 heteroatoms. The fourth-order valence-electron chi connectivity index (χ4n) is 3.38. The van der Waals surface area contributed by atoms with Crippen LogP contribution >= 0.6 is 11.6 Å². The van der Waals surface area contributed by atoms with Gasteiger partial charge in [-0.05, 0) is 49.2 Å². The lowest BCUT2D eigenvalue weighted by atomic mass is 9.98. The Labute approximate surface area is 186 Å². The van der Waals surface area contributed by atoms with Crippen LogP contribution in [0, 0.1) is 5.92 Å². The fourth-order valence-corrected chi connectivity index (χ4v) is 4.98. The number of methoxy groups -OCH3 is 2. The van der Waals surface area contributed by atoms with Crippen LogP contribution in [0.2, 0.25) is 5.02 Å². The SMILES string of the molecule is COc1cccc(/C=N\NC(=O)C2CCN(S(=O)(=O)c3ccc(Cl)cc3)CC2)c1OC. The van der Waals surface area contributed by atoms with E-state index >= 15 is 0 Å². The number of ether oxygens (including phenoxy) is 2. The first-order valence-corrected chi connectivity index (χ1v) is 11.5. The van der Waals surface area contributed by atoms with Crippen molar-refractivity contribution in [3.63, 3.8) is 0 Å². The highest BCUT2D eigenvalue weighted by Gasteiger charge is 2.32. The van der Waals surface area contributed by atoms with E-state index in [-0.39, 0.29) is 29.8 Å². The zero-order chi connectivity index (χ0) is 22.4. The Hall–Kier alpha value is -2.62. The maximum absolute atomic E-state index is 12.8. The van der Waals surface area contributed by atoms with Crippen molar-refractivity contribution in [2.24, 2.45) is 11.0 Å². The van der Waals surface area contributed by atoms with E-state index in [4.69, 9.17) is 21.1 Å². The first-order valence-electron chi connectivity index (χ1n) is 9.66. The molecular weight excluding hydrogens is 442 g/mol. The first-order chi connectivity index (χ1) is 14.9. The van der Waals surface area contributed by atoms with Crippen LogP contribution in [0.3, 0.4) is 0 Å². The third-order valence-corrected chi connectivity index (χ3v) is 7.25. The summed E-state index contributed by atoms with van der Waals surface area (Å²) >= 11 is 5.84. The Bertz CT molecular complexity index is 1050. The second-order valence-electron chi connectivity index (χ2n) is 6.95. The number of sulfonamides is 1. The number of hydrogen-bond donors (Lipinski definition) is 1. The van der Waals surface area contributed by atoms with E-state index in [1.54, 1.807) is 37.4 Å². The van der Waals surface area contributed by atoms with Crippen LogP contribution in [0.25, 0.3) is 0 Å². The Morgan fingerprint density at radius 1 is 1.13 bits per heavy atom. The molecule has 166 valence electrons. The molecule has 0 saturated carbocycles. The molecule has 0 bridgehead atoms. The van der Waals surface area contributed by atoms with Crippen molar-refractivity contribution in [2.75, 3.05) is 27.3 Å². The van der Waals surface area contributed by atoms with E-state index in [0.717, 1.165) is 0 Å². The molecule has 0 unspecified atom stereocenters. The number of hydrazone groups is 1. The van der Waals surface area contributed by atoms with Crippen LogP contribution in [-0.4, -0.2) is 52.2 Å². The van der Waals surface area contributed by atoms with Crippen molar-refractivity contribution in [2.45, 2.75) is 17.7 Å². The molecule has 1 N–H and O–H groups in total. The summed E-state index contributed by atoms with van der Waals surface area (Å²) in [6.45, 7) is 0.521. The largest absolute Gasteiger partial charge is 0.493 e. The lowest BCUT2D eigenvalue weighted by molar-refractivity contribution is -0.126. The molecule has 31 heavy (non-hydrogen) atoms. The number of hydrogen-bond acceptors (Lipinski definition) is 6. The first kappa shape index (κ1) is 23.1. The lowest BCUT2D eigenvalue weighted by Gasteiger charge is -2.30. The van der Waals surface area contributed by atoms with Gasteiger partial charge in [0, 0.05) is 29.6 Å².